The van der Waals surface area contributed by atoms with Crippen molar-refractivity contribution >= 4 is 23.1 Å². The molecule has 0 spiro atoms. The Bertz CT molecular complexity index is 256. The van der Waals surface area contributed by atoms with Gasteiger partial charge >= 0.3 is 6.18 Å². The molecule has 0 aliphatic heterocycles. The lowest BCUT2D eigenvalue weighted by molar-refractivity contribution is -0.135. The number of amides is 1. The van der Waals surface area contributed by atoms with Crippen LogP contribution < -0.4 is 11.1 Å². The van der Waals surface area contributed by atoms with Crippen LogP contribution >= 0.6 is 12.2 Å². The maximum atomic E-state index is 11.8. The predicted molar refractivity (Wildman–Crippen MR) is 58.9 cm³/mol. The summed E-state index contributed by atoms with van der Waals surface area (Å²) in [6, 6.07) is 0. The highest BCUT2D eigenvalue weighted by molar-refractivity contribution is 7.80. The van der Waals surface area contributed by atoms with E-state index in [-0.39, 0.29) is 30.3 Å². The van der Waals surface area contributed by atoms with E-state index in [0.29, 0.717) is 0 Å². The minimum Gasteiger partial charge on any atom is -0.393 e. The molecule has 0 rings (SSSR count). The second-order valence-corrected chi connectivity index (χ2v) is 3.96. The lowest BCUT2D eigenvalue weighted by Crippen LogP contribution is -2.36. The Kier molecular flexibility index (Phi) is 6.32. The van der Waals surface area contributed by atoms with Crippen molar-refractivity contribution < 1.29 is 18.0 Å². The summed E-state index contributed by atoms with van der Waals surface area (Å²) >= 11 is 4.61. The van der Waals surface area contributed by atoms with Gasteiger partial charge in [-0.05, 0) is 19.8 Å². The SMILES string of the molecule is CC(C(=O)NCCCCC(F)(F)F)C(N)=S. The van der Waals surface area contributed by atoms with E-state index in [9.17, 15) is 18.0 Å². The zero-order valence-corrected chi connectivity index (χ0v) is 9.75. The van der Waals surface area contributed by atoms with E-state index in [1.54, 1.807) is 6.92 Å². The van der Waals surface area contributed by atoms with Crippen molar-refractivity contribution in [3.05, 3.63) is 0 Å². The van der Waals surface area contributed by atoms with E-state index < -0.39 is 18.5 Å². The van der Waals surface area contributed by atoms with Crippen LogP contribution in [0, 0.1) is 5.92 Å². The molecule has 0 aromatic rings. The third kappa shape index (κ3) is 7.44. The molecule has 3 nitrogen and oxygen atoms in total. The molecule has 0 radical (unpaired) electrons. The van der Waals surface area contributed by atoms with Gasteiger partial charge in [-0.15, -0.1) is 0 Å². The summed E-state index contributed by atoms with van der Waals surface area (Å²) in [6.07, 6.45) is -4.66. The number of thiocarbonyl (C=S) groups is 1. The van der Waals surface area contributed by atoms with Gasteiger partial charge in [0.1, 0.15) is 0 Å². The van der Waals surface area contributed by atoms with Crippen molar-refractivity contribution in [3.63, 3.8) is 0 Å². The molecular formula is C9H15F3N2OS. The average molecular weight is 256 g/mol. The summed E-state index contributed by atoms with van der Waals surface area (Å²) in [7, 11) is 0. The molecule has 0 aliphatic carbocycles. The molecule has 0 aromatic heterocycles. The fourth-order valence-electron chi connectivity index (χ4n) is 0.944. The van der Waals surface area contributed by atoms with Crippen LogP contribution in [-0.2, 0) is 4.79 Å². The smallest absolute Gasteiger partial charge is 0.389 e. The maximum absolute atomic E-state index is 11.8. The van der Waals surface area contributed by atoms with Gasteiger partial charge in [0.25, 0.3) is 0 Å². The second kappa shape index (κ2) is 6.67. The van der Waals surface area contributed by atoms with Crippen molar-refractivity contribution in [1.82, 2.24) is 5.32 Å². The number of nitrogens with one attached hydrogen (secondary N) is 1. The molecule has 1 atom stereocenters. The van der Waals surface area contributed by atoms with Crippen molar-refractivity contribution in [1.29, 1.82) is 0 Å². The molecule has 1 amide bonds. The molecule has 94 valence electrons. The Morgan fingerprint density at radius 2 is 2.00 bits per heavy atom. The first-order chi connectivity index (χ1) is 7.24. The Hall–Kier alpha value is -0.850. The molecule has 0 fully saturated rings. The van der Waals surface area contributed by atoms with Gasteiger partial charge in [0.05, 0.1) is 10.9 Å². The minimum atomic E-state index is -4.13. The Morgan fingerprint density at radius 1 is 1.44 bits per heavy atom. The number of alkyl halides is 3. The number of hydrogen-bond acceptors (Lipinski definition) is 2. The fraction of sp³-hybridized carbons (Fsp3) is 0.778. The van der Waals surface area contributed by atoms with Crippen LogP contribution in [0.1, 0.15) is 26.2 Å². The number of carbonyl (C=O) groups excluding carboxylic acids is 1. The number of nitrogens with two attached hydrogens (primary N) is 1. The first-order valence-corrected chi connectivity index (χ1v) is 5.28. The maximum Gasteiger partial charge on any atom is 0.389 e. The van der Waals surface area contributed by atoms with Gasteiger partial charge in [-0.3, -0.25) is 4.79 Å². The molecule has 1 unspecified atom stereocenters. The number of carbonyl (C=O) groups is 1. The largest absolute Gasteiger partial charge is 0.393 e. The van der Waals surface area contributed by atoms with Gasteiger partial charge < -0.3 is 11.1 Å². The molecule has 0 bridgehead atoms. The second-order valence-electron chi connectivity index (χ2n) is 3.49. The summed E-state index contributed by atoms with van der Waals surface area (Å²) in [5, 5.41) is 2.48. The lowest BCUT2D eigenvalue weighted by atomic mass is 10.1. The zero-order valence-electron chi connectivity index (χ0n) is 8.93. The summed E-state index contributed by atoms with van der Waals surface area (Å²) in [4.78, 5) is 11.3. The van der Waals surface area contributed by atoms with E-state index in [1.807, 2.05) is 0 Å². The van der Waals surface area contributed by atoms with Gasteiger partial charge in [0, 0.05) is 13.0 Å². The predicted octanol–water partition coefficient (Wildman–Crippen LogP) is 1.76. The Morgan fingerprint density at radius 3 is 2.44 bits per heavy atom. The van der Waals surface area contributed by atoms with Crippen LogP contribution in [0.4, 0.5) is 13.2 Å². The van der Waals surface area contributed by atoms with E-state index in [0.717, 1.165) is 0 Å². The van der Waals surface area contributed by atoms with Crippen LogP contribution in [-0.4, -0.2) is 23.6 Å². The number of halogens is 3. The summed E-state index contributed by atoms with van der Waals surface area (Å²) in [5.41, 5.74) is 5.25. The monoisotopic (exact) mass is 256 g/mol. The molecule has 0 heterocycles. The van der Waals surface area contributed by atoms with Crippen molar-refractivity contribution in [2.75, 3.05) is 6.54 Å². The molecule has 0 saturated carbocycles. The van der Waals surface area contributed by atoms with Gasteiger partial charge in [0.2, 0.25) is 5.91 Å². The highest BCUT2D eigenvalue weighted by atomic mass is 32.1. The normalized spacial score (nSPS) is 13.2. The molecule has 0 aliphatic rings. The number of hydrogen-bond donors (Lipinski definition) is 2. The van der Waals surface area contributed by atoms with E-state index >= 15 is 0 Å². The molecular weight excluding hydrogens is 241 g/mol. The van der Waals surface area contributed by atoms with Crippen LogP contribution in [0.5, 0.6) is 0 Å². The van der Waals surface area contributed by atoms with Gasteiger partial charge in [-0.1, -0.05) is 12.2 Å². The van der Waals surface area contributed by atoms with Crippen LogP contribution in [0.3, 0.4) is 0 Å². The topological polar surface area (TPSA) is 55.1 Å². The lowest BCUT2D eigenvalue weighted by Gasteiger charge is -2.10. The van der Waals surface area contributed by atoms with E-state index in [4.69, 9.17) is 5.73 Å². The van der Waals surface area contributed by atoms with Gasteiger partial charge in [-0.2, -0.15) is 13.2 Å². The van der Waals surface area contributed by atoms with E-state index in [2.05, 4.69) is 17.5 Å². The first kappa shape index (κ1) is 15.2. The Labute approximate surface area is 97.6 Å². The molecule has 0 saturated heterocycles. The highest BCUT2D eigenvalue weighted by Gasteiger charge is 2.25. The summed E-state index contributed by atoms with van der Waals surface area (Å²) in [6.45, 7) is 1.76. The van der Waals surface area contributed by atoms with Crippen LogP contribution in [0.2, 0.25) is 0 Å². The van der Waals surface area contributed by atoms with Crippen LogP contribution in [0.25, 0.3) is 0 Å². The third-order valence-corrected chi connectivity index (χ3v) is 2.36. The molecule has 0 aromatic carbocycles. The Balaban J connectivity index is 3.60. The third-order valence-electron chi connectivity index (χ3n) is 2.01. The average Bonchev–Trinajstić information content (AvgIpc) is 2.13. The molecule has 7 heteroatoms. The number of unbranched alkanes of at least 4 members (excludes halogenated alkanes) is 1. The summed E-state index contributed by atoms with van der Waals surface area (Å²) < 4.78 is 35.3. The highest BCUT2D eigenvalue weighted by Crippen LogP contribution is 2.21. The zero-order chi connectivity index (χ0) is 12.8. The van der Waals surface area contributed by atoms with Crippen molar-refractivity contribution in [3.8, 4) is 0 Å². The van der Waals surface area contributed by atoms with Gasteiger partial charge in [0.15, 0.2) is 0 Å². The van der Waals surface area contributed by atoms with Crippen molar-refractivity contribution in [2.24, 2.45) is 11.7 Å². The van der Waals surface area contributed by atoms with Crippen molar-refractivity contribution in [2.45, 2.75) is 32.4 Å². The summed E-state index contributed by atoms with van der Waals surface area (Å²) in [5.74, 6) is -0.933. The van der Waals surface area contributed by atoms with Crippen LogP contribution in [0.15, 0.2) is 0 Å². The van der Waals surface area contributed by atoms with Gasteiger partial charge in [-0.25, -0.2) is 0 Å². The molecule has 3 N–H and O–H groups in total. The molecule has 16 heavy (non-hydrogen) atoms. The first-order valence-electron chi connectivity index (χ1n) is 4.88. The van der Waals surface area contributed by atoms with E-state index in [1.165, 1.54) is 0 Å². The minimum absolute atomic E-state index is 0.00519. The standard InChI is InChI=1S/C9H15F3N2OS/c1-6(7(13)16)8(15)14-5-3-2-4-9(10,11)12/h6H,2-5H2,1H3,(H2,13,16)(H,14,15). The number of rotatable bonds is 6. The quantitative estimate of drug-likeness (QED) is 0.562. The fourth-order valence-corrected chi connectivity index (χ4v) is 1.05.